The van der Waals surface area contributed by atoms with Crippen molar-refractivity contribution in [3.05, 3.63) is 59.6 Å². The maximum Gasteiger partial charge on any atom is 0.433 e. The zero-order valence-electron chi connectivity index (χ0n) is 17.7. The lowest BCUT2D eigenvalue weighted by molar-refractivity contribution is -0.141. The number of alkyl halides is 3. The highest BCUT2D eigenvalue weighted by Gasteiger charge is 2.37. The second-order valence-corrected chi connectivity index (χ2v) is 7.89. The van der Waals surface area contributed by atoms with Gasteiger partial charge in [0, 0.05) is 24.7 Å². The highest BCUT2D eigenvalue weighted by Crippen LogP contribution is 2.34. The second-order valence-electron chi connectivity index (χ2n) is 7.89. The number of hydrogen-bond donors (Lipinski definition) is 3. The summed E-state index contributed by atoms with van der Waals surface area (Å²) < 4.78 is 42.5. The Hall–Kier alpha value is -3.89. The zero-order valence-corrected chi connectivity index (χ0v) is 17.7. The molecule has 3 heterocycles. The number of nitrogens with zero attached hydrogens (tertiary/aromatic N) is 5. The number of allylic oxidation sites excluding steroid dienone is 2. The number of H-pyrrole nitrogens is 2. The molecule has 170 valence electrons. The molecule has 0 fully saturated rings. The van der Waals surface area contributed by atoms with Crippen LogP contribution in [0, 0.1) is 0 Å². The molecule has 1 aliphatic rings. The van der Waals surface area contributed by atoms with Gasteiger partial charge in [0.1, 0.15) is 5.69 Å². The van der Waals surface area contributed by atoms with E-state index in [4.69, 9.17) is 0 Å². The SMILES string of the molecule is Cn1ccc(Nc2n[nH]c3ccc(N=C(C4=CCCCC4)c4cn[nH]c4C(F)(F)F)cc23)n1. The Labute approximate surface area is 186 Å². The predicted molar refractivity (Wildman–Crippen MR) is 119 cm³/mol. The summed E-state index contributed by atoms with van der Waals surface area (Å²) in [5.41, 5.74) is 1.43. The Morgan fingerprint density at radius 2 is 2.06 bits per heavy atom. The standard InChI is InChI=1S/C22H21F3N8/c1-33-10-9-18(32-33)28-21-15-11-14(7-8-17(15)29-31-21)27-19(13-5-3-2-4-6-13)16-12-26-30-20(16)22(23,24)25/h5,7-12H,2-4,6H2,1H3,(H,26,30)(H2,28,29,31,32). The van der Waals surface area contributed by atoms with Crippen LogP contribution < -0.4 is 5.32 Å². The number of halogens is 3. The first-order valence-electron chi connectivity index (χ1n) is 10.5. The fourth-order valence-corrected chi connectivity index (χ4v) is 3.94. The van der Waals surface area contributed by atoms with Crippen LogP contribution in [0.15, 0.2) is 53.3 Å². The van der Waals surface area contributed by atoms with Gasteiger partial charge in [-0.25, -0.2) is 4.99 Å². The van der Waals surface area contributed by atoms with E-state index in [1.54, 1.807) is 29.1 Å². The average molecular weight is 454 g/mol. The number of nitrogens with one attached hydrogen (secondary N) is 3. The van der Waals surface area contributed by atoms with Crippen LogP contribution in [0.25, 0.3) is 10.9 Å². The molecule has 0 radical (unpaired) electrons. The summed E-state index contributed by atoms with van der Waals surface area (Å²) in [6, 6.07) is 7.16. The minimum absolute atomic E-state index is 0.0465. The van der Waals surface area contributed by atoms with Gasteiger partial charge in [-0.05, 0) is 49.5 Å². The van der Waals surface area contributed by atoms with Gasteiger partial charge in [0.25, 0.3) is 0 Å². The molecule has 0 saturated heterocycles. The highest BCUT2D eigenvalue weighted by molar-refractivity contribution is 6.14. The molecule has 0 unspecified atom stereocenters. The molecule has 0 amide bonds. The summed E-state index contributed by atoms with van der Waals surface area (Å²) in [4.78, 5) is 4.68. The molecular weight excluding hydrogens is 433 g/mol. The van der Waals surface area contributed by atoms with E-state index in [-0.39, 0.29) is 11.3 Å². The van der Waals surface area contributed by atoms with E-state index in [2.05, 4.69) is 35.8 Å². The van der Waals surface area contributed by atoms with E-state index in [0.29, 0.717) is 23.7 Å². The van der Waals surface area contributed by atoms with E-state index in [1.165, 1.54) is 6.20 Å². The van der Waals surface area contributed by atoms with Crippen molar-refractivity contribution in [1.82, 2.24) is 30.2 Å². The summed E-state index contributed by atoms with van der Waals surface area (Å²) in [7, 11) is 1.81. The number of benzene rings is 1. The monoisotopic (exact) mass is 454 g/mol. The van der Waals surface area contributed by atoms with Crippen molar-refractivity contribution in [2.75, 3.05) is 5.32 Å². The van der Waals surface area contributed by atoms with Gasteiger partial charge < -0.3 is 5.32 Å². The molecule has 33 heavy (non-hydrogen) atoms. The molecule has 11 heteroatoms. The van der Waals surface area contributed by atoms with Crippen LogP contribution in [0.1, 0.15) is 36.9 Å². The van der Waals surface area contributed by atoms with Gasteiger partial charge in [-0.2, -0.15) is 28.5 Å². The van der Waals surface area contributed by atoms with Crippen molar-refractivity contribution >= 4 is 33.9 Å². The molecule has 4 aromatic rings. The van der Waals surface area contributed by atoms with Crippen molar-refractivity contribution < 1.29 is 13.2 Å². The lowest BCUT2D eigenvalue weighted by Gasteiger charge is -2.16. The van der Waals surface area contributed by atoms with E-state index in [0.717, 1.165) is 35.7 Å². The fraction of sp³-hybridized carbons (Fsp3) is 0.273. The van der Waals surface area contributed by atoms with Crippen LogP contribution in [0.4, 0.5) is 30.5 Å². The van der Waals surface area contributed by atoms with Gasteiger partial charge in [-0.1, -0.05) is 6.08 Å². The third-order valence-corrected chi connectivity index (χ3v) is 5.52. The Morgan fingerprint density at radius 3 is 2.79 bits per heavy atom. The van der Waals surface area contributed by atoms with Crippen molar-refractivity contribution in [3.8, 4) is 0 Å². The smallest absolute Gasteiger partial charge is 0.321 e. The quantitative estimate of drug-likeness (QED) is 0.352. The van der Waals surface area contributed by atoms with Crippen LogP contribution in [0.2, 0.25) is 0 Å². The average Bonchev–Trinajstić information content (AvgIpc) is 3.53. The summed E-state index contributed by atoms with van der Waals surface area (Å²) in [5.74, 6) is 1.18. The Morgan fingerprint density at radius 1 is 1.18 bits per heavy atom. The minimum Gasteiger partial charge on any atom is -0.321 e. The van der Waals surface area contributed by atoms with Gasteiger partial charge in [-0.3, -0.25) is 14.9 Å². The molecule has 5 rings (SSSR count). The first-order valence-corrected chi connectivity index (χ1v) is 10.5. The summed E-state index contributed by atoms with van der Waals surface area (Å²) in [6.07, 6.45) is 3.81. The molecule has 8 nitrogen and oxygen atoms in total. The van der Waals surface area contributed by atoms with Gasteiger partial charge in [-0.15, -0.1) is 0 Å². The summed E-state index contributed by atoms with van der Waals surface area (Å²) in [6.45, 7) is 0. The number of aromatic nitrogens is 6. The first kappa shape index (κ1) is 21.0. The Bertz CT molecular complexity index is 1360. The first-order chi connectivity index (χ1) is 15.9. The molecule has 3 N–H and O–H groups in total. The molecule has 1 aliphatic carbocycles. The fourth-order valence-electron chi connectivity index (χ4n) is 3.94. The molecule has 1 aromatic carbocycles. The normalized spacial score (nSPS) is 15.2. The largest absolute Gasteiger partial charge is 0.433 e. The maximum atomic E-state index is 13.6. The maximum absolute atomic E-state index is 13.6. The minimum atomic E-state index is -4.56. The zero-order chi connectivity index (χ0) is 23.0. The van der Waals surface area contributed by atoms with E-state index in [1.807, 2.05) is 19.2 Å². The third kappa shape index (κ3) is 4.26. The lowest BCUT2D eigenvalue weighted by Crippen LogP contribution is -2.15. The van der Waals surface area contributed by atoms with E-state index < -0.39 is 11.9 Å². The summed E-state index contributed by atoms with van der Waals surface area (Å²) >= 11 is 0. The number of fused-ring (bicyclic) bond motifs is 1. The topological polar surface area (TPSA) is 99.6 Å². The molecule has 0 spiro atoms. The lowest BCUT2D eigenvalue weighted by atomic mass is 9.92. The van der Waals surface area contributed by atoms with Crippen LogP contribution in [-0.2, 0) is 13.2 Å². The Kier molecular flexibility index (Phi) is 5.23. The van der Waals surface area contributed by atoms with Crippen molar-refractivity contribution in [2.24, 2.45) is 12.0 Å². The number of hydrogen-bond acceptors (Lipinski definition) is 5. The van der Waals surface area contributed by atoms with Crippen molar-refractivity contribution in [1.29, 1.82) is 0 Å². The number of aryl methyl sites for hydroxylation is 1. The molecule has 0 bridgehead atoms. The molecule has 0 saturated carbocycles. The summed E-state index contributed by atoms with van der Waals surface area (Å²) in [5, 5.41) is 21.2. The third-order valence-electron chi connectivity index (χ3n) is 5.52. The Balaban J connectivity index is 1.59. The number of aromatic amines is 2. The molecule has 0 atom stereocenters. The van der Waals surface area contributed by atoms with Crippen LogP contribution >= 0.6 is 0 Å². The van der Waals surface area contributed by atoms with E-state index in [9.17, 15) is 13.2 Å². The number of aliphatic imine (C=N–C) groups is 1. The number of anilines is 2. The van der Waals surface area contributed by atoms with Gasteiger partial charge >= 0.3 is 6.18 Å². The highest BCUT2D eigenvalue weighted by atomic mass is 19.4. The van der Waals surface area contributed by atoms with Gasteiger partial charge in [0.15, 0.2) is 11.6 Å². The predicted octanol–water partition coefficient (Wildman–Crippen LogP) is 5.40. The van der Waals surface area contributed by atoms with Crippen molar-refractivity contribution in [2.45, 2.75) is 31.9 Å². The molecule has 0 aliphatic heterocycles. The molecular formula is C22H21F3N8. The van der Waals surface area contributed by atoms with Crippen LogP contribution in [0.3, 0.4) is 0 Å². The van der Waals surface area contributed by atoms with E-state index >= 15 is 0 Å². The van der Waals surface area contributed by atoms with Gasteiger partial charge in [0.05, 0.1) is 28.7 Å². The van der Waals surface area contributed by atoms with Gasteiger partial charge in [0.2, 0.25) is 0 Å². The second kappa shape index (κ2) is 8.23. The van der Waals surface area contributed by atoms with Crippen LogP contribution in [0.5, 0.6) is 0 Å². The molecule has 3 aromatic heterocycles. The van der Waals surface area contributed by atoms with Crippen molar-refractivity contribution in [3.63, 3.8) is 0 Å². The number of rotatable bonds is 5. The van der Waals surface area contributed by atoms with Crippen LogP contribution in [-0.4, -0.2) is 35.9 Å².